The average molecular weight is 371 g/mol. The quantitative estimate of drug-likeness (QED) is 0.237. The van der Waals surface area contributed by atoms with Gasteiger partial charge >= 0.3 is 5.97 Å². The van der Waals surface area contributed by atoms with E-state index in [2.05, 4.69) is 15.5 Å². The molecule has 0 saturated carbocycles. The van der Waals surface area contributed by atoms with Gasteiger partial charge in [0.05, 0.1) is 11.8 Å². The standard InChI is InChI=1S/C22H17N3O3/c26-21(13-10-17-5-2-1-3-6-17)28-20-11-8-18(9-12-20)15-24-25-22(27)19-7-4-14-23-16-19/h1-16H,(H,25,27)/b13-10+,24-15-. The zero-order valence-electron chi connectivity index (χ0n) is 14.9. The van der Waals surface area contributed by atoms with Crippen molar-refractivity contribution in [2.45, 2.75) is 0 Å². The van der Waals surface area contributed by atoms with E-state index >= 15 is 0 Å². The molecular formula is C22H17N3O3. The molecular weight excluding hydrogens is 354 g/mol. The molecule has 0 saturated heterocycles. The van der Waals surface area contributed by atoms with Gasteiger partial charge in [0.2, 0.25) is 0 Å². The molecule has 1 N–H and O–H groups in total. The number of carbonyl (C=O) groups excluding carboxylic acids is 2. The van der Waals surface area contributed by atoms with E-state index in [4.69, 9.17) is 4.74 Å². The van der Waals surface area contributed by atoms with E-state index in [0.29, 0.717) is 11.3 Å². The number of pyridine rings is 1. The predicted molar refractivity (Wildman–Crippen MR) is 107 cm³/mol. The van der Waals surface area contributed by atoms with Gasteiger partial charge in [-0.15, -0.1) is 0 Å². The number of hydrazone groups is 1. The van der Waals surface area contributed by atoms with Crippen LogP contribution in [-0.4, -0.2) is 23.1 Å². The number of amides is 1. The largest absolute Gasteiger partial charge is 0.423 e. The molecule has 1 amide bonds. The summed E-state index contributed by atoms with van der Waals surface area (Å²) in [5, 5.41) is 3.90. The van der Waals surface area contributed by atoms with Gasteiger partial charge in [-0.1, -0.05) is 30.3 Å². The number of aromatic nitrogens is 1. The summed E-state index contributed by atoms with van der Waals surface area (Å²) in [5.41, 5.74) is 4.50. The van der Waals surface area contributed by atoms with Crippen LogP contribution in [0.1, 0.15) is 21.5 Å². The number of rotatable bonds is 6. The molecule has 0 atom stereocenters. The monoisotopic (exact) mass is 371 g/mol. The number of esters is 1. The van der Waals surface area contributed by atoms with Gasteiger partial charge in [0.15, 0.2) is 0 Å². The van der Waals surface area contributed by atoms with E-state index in [-0.39, 0.29) is 5.91 Å². The topological polar surface area (TPSA) is 80.6 Å². The van der Waals surface area contributed by atoms with Crippen LogP contribution in [0.5, 0.6) is 5.75 Å². The van der Waals surface area contributed by atoms with Crippen LogP contribution in [0.3, 0.4) is 0 Å². The molecule has 6 heteroatoms. The third kappa shape index (κ3) is 5.74. The van der Waals surface area contributed by atoms with E-state index in [1.807, 2.05) is 30.3 Å². The van der Waals surface area contributed by atoms with Crippen molar-refractivity contribution >= 4 is 24.2 Å². The maximum absolute atomic E-state index is 11.9. The fourth-order valence-electron chi connectivity index (χ4n) is 2.23. The first-order valence-corrected chi connectivity index (χ1v) is 8.49. The van der Waals surface area contributed by atoms with E-state index < -0.39 is 5.97 Å². The molecule has 6 nitrogen and oxygen atoms in total. The number of nitrogens with one attached hydrogen (secondary N) is 1. The lowest BCUT2D eigenvalue weighted by Gasteiger charge is -2.02. The SMILES string of the molecule is O=C(/C=C/c1ccccc1)Oc1ccc(/C=N\NC(=O)c2cccnc2)cc1. The summed E-state index contributed by atoms with van der Waals surface area (Å²) in [4.78, 5) is 27.6. The molecule has 0 unspecified atom stereocenters. The van der Waals surface area contributed by atoms with Gasteiger partial charge in [-0.05, 0) is 53.6 Å². The van der Waals surface area contributed by atoms with Crippen molar-refractivity contribution in [3.05, 3.63) is 102 Å². The molecule has 3 rings (SSSR count). The van der Waals surface area contributed by atoms with E-state index in [0.717, 1.165) is 11.1 Å². The molecule has 2 aromatic carbocycles. The minimum Gasteiger partial charge on any atom is -0.423 e. The number of ether oxygens (including phenoxy) is 1. The first kappa shape index (κ1) is 18.7. The van der Waals surface area contributed by atoms with Crippen molar-refractivity contribution in [1.29, 1.82) is 0 Å². The maximum atomic E-state index is 11.9. The van der Waals surface area contributed by atoms with Crippen LogP contribution in [0.25, 0.3) is 6.08 Å². The van der Waals surface area contributed by atoms with Crippen LogP contribution in [0.4, 0.5) is 0 Å². The number of nitrogens with zero attached hydrogens (tertiary/aromatic N) is 2. The summed E-state index contributed by atoms with van der Waals surface area (Å²) in [7, 11) is 0. The van der Waals surface area contributed by atoms with Crippen molar-refractivity contribution in [3.8, 4) is 5.75 Å². The summed E-state index contributed by atoms with van der Waals surface area (Å²) in [5.74, 6) is -0.395. The smallest absolute Gasteiger partial charge is 0.336 e. The molecule has 28 heavy (non-hydrogen) atoms. The Labute approximate surface area is 162 Å². The summed E-state index contributed by atoms with van der Waals surface area (Å²) in [6.07, 6.45) is 7.61. The van der Waals surface area contributed by atoms with E-state index in [1.165, 1.54) is 18.5 Å². The lowest BCUT2D eigenvalue weighted by molar-refractivity contribution is -0.128. The highest BCUT2D eigenvalue weighted by Gasteiger charge is 2.03. The Bertz CT molecular complexity index is 983. The summed E-state index contributed by atoms with van der Waals surface area (Å²) < 4.78 is 5.24. The van der Waals surface area contributed by atoms with E-state index in [1.54, 1.807) is 48.7 Å². The molecule has 138 valence electrons. The maximum Gasteiger partial charge on any atom is 0.336 e. The van der Waals surface area contributed by atoms with Crippen LogP contribution in [0, 0.1) is 0 Å². The second kappa shape index (κ2) is 9.59. The highest BCUT2D eigenvalue weighted by molar-refractivity contribution is 5.94. The third-order valence-corrected chi connectivity index (χ3v) is 3.61. The lowest BCUT2D eigenvalue weighted by Crippen LogP contribution is -2.17. The Morgan fingerprint density at radius 3 is 2.43 bits per heavy atom. The molecule has 0 bridgehead atoms. The van der Waals surface area contributed by atoms with Gasteiger partial charge in [-0.2, -0.15) is 5.10 Å². The van der Waals surface area contributed by atoms with Crippen molar-refractivity contribution < 1.29 is 14.3 Å². The molecule has 0 aliphatic carbocycles. The van der Waals surface area contributed by atoms with Crippen LogP contribution >= 0.6 is 0 Å². The second-order valence-corrected chi connectivity index (χ2v) is 5.67. The number of carbonyl (C=O) groups is 2. The van der Waals surface area contributed by atoms with Crippen molar-refractivity contribution in [1.82, 2.24) is 10.4 Å². The Kier molecular flexibility index (Phi) is 6.41. The summed E-state index contributed by atoms with van der Waals surface area (Å²) in [6, 6.07) is 19.6. The zero-order valence-corrected chi connectivity index (χ0v) is 14.9. The number of benzene rings is 2. The first-order chi connectivity index (χ1) is 13.7. The molecule has 1 aromatic heterocycles. The van der Waals surface area contributed by atoms with Gasteiger partial charge in [0, 0.05) is 18.5 Å². The van der Waals surface area contributed by atoms with Gasteiger partial charge in [-0.3, -0.25) is 9.78 Å². The van der Waals surface area contributed by atoms with Crippen LogP contribution in [0.2, 0.25) is 0 Å². The Morgan fingerprint density at radius 2 is 1.71 bits per heavy atom. The molecule has 1 heterocycles. The van der Waals surface area contributed by atoms with Gasteiger partial charge in [-0.25, -0.2) is 10.2 Å². The third-order valence-electron chi connectivity index (χ3n) is 3.61. The summed E-state index contributed by atoms with van der Waals surface area (Å²) >= 11 is 0. The van der Waals surface area contributed by atoms with Gasteiger partial charge in [0.1, 0.15) is 5.75 Å². The minimum absolute atomic E-state index is 0.347. The first-order valence-electron chi connectivity index (χ1n) is 8.49. The molecule has 0 radical (unpaired) electrons. The van der Waals surface area contributed by atoms with Crippen LogP contribution in [-0.2, 0) is 4.79 Å². The van der Waals surface area contributed by atoms with Crippen LogP contribution in [0.15, 0.2) is 90.3 Å². The molecule has 0 spiro atoms. The Morgan fingerprint density at radius 1 is 0.929 bits per heavy atom. The normalized spacial score (nSPS) is 10.9. The highest BCUT2D eigenvalue weighted by atomic mass is 16.5. The predicted octanol–water partition coefficient (Wildman–Crippen LogP) is 3.46. The van der Waals surface area contributed by atoms with Crippen molar-refractivity contribution in [2.24, 2.45) is 5.10 Å². The lowest BCUT2D eigenvalue weighted by atomic mass is 10.2. The van der Waals surface area contributed by atoms with E-state index in [9.17, 15) is 9.59 Å². The van der Waals surface area contributed by atoms with Gasteiger partial charge < -0.3 is 4.74 Å². The van der Waals surface area contributed by atoms with Crippen molar-refractivity contribution in [2.75, 3.05) is 0 Å². The number of hydrogen-bond donors (Lipinski definition) is 1. The fraction of sp³-hybridized carbons (Fsp3) is 0. The number of hydrogen-bond acceptors (Lipinski definition) is 5. The molecule has 3 aromatic rings. The van der Waals surface area contributed by atoms with Crippen molar-refractivity contribution in [3.63, 3.8) is 0 Å². The minimum atomic E-state index is -0.464. The Hall–Kier alpha value is -4.06. The average Bonchev–Trinajstić information content (AvgIpc) is 2.75. The highest BCUT2D eigenvalue weighted by Crippen LogP contribution is 2.12. The summed E-state index contributed by atoms with van der Waals surface area (Å²) in [6.45, 7) is 0. The zero-order chi connectivity index (χ0) is 19.6. The molecule has 0 aliphatic rings. The molecule has 0 fully saturated rings. The second-order valence-electron chi connectivity index (χ2n) is 5.67. The van der Waals surface area contributed by atoms with Crippen LogP contribution < -0.4 is 10.2 Å². The fourth-order valence-corrected chi connectivity index (χ4v) is 2.23. The van der Waals surface area contributed by atoms with Gasteiger partial charge in [0.25, 0.3) is 5.91 Å². The molecule has 0 aliphatic heterocycles. The Balaban J connectivity index is 1.51.